The molecule has 0 bridgehead atoms. The molecule has 0 saturated heterocycles. The van der Waals surface area contributed by atoms with Gasteiger partial charge in [-0.05, 0) is 54.8 Å². The summed E-state index contributed by atoms with van der Waals surface area (Å²) < 4.78 is 2.14. The second kappa shape index (κ2) is 7.19. The maximum Gasteiger partial charge on any atom is 0.117 e. The van der Waals surface area contributed by atoms with E-state index in [1.165, 1.54) is 5.56 Å². The van der Waals surface area contributed by atoms with Crippen molar-refractivity contribution in [2.45, 2.75) is 19.8 Å². The van der Waals surface area contributed by atoms with Crippen LogP contribution < -0.4 is 0 Å². The van der Waals surface area contributed by atoms with Crippen LogP contribution in [0.2, 0.25) is 0 Å². The first kappa shape index (κ1) is 18.3. The highest BCUT2D eigenvalue weighted by Crippen LogP contribution is 2.37. The summed E-state index contributed by atoms with van der Waals surface area (Å²) in [4.78, 5) is 8.01. The molecule has 0 saturated carbocycles. The lowest BCUT2D eigenvalue weighted by Crippen LogP contribution is -2.10. The van der Waals surface area contributed by atoms with Gasteiger partial charge in [0, 0.05) is 41.9 Å². The molecule has 2 N–H and O–H groups in total. The van der Waals surface area contributed by atoms with Crippen LogP contribution in [0.3, 0.4) is 0 Å². The number of aliphatic hydroxyl groups is 1. The van der Waals surface area contributed by atoms with Crippen LogP contribution in [-0.4, -0.2) is 25.7 Å². The van der Waals surface area contributed by atoms with Crippen molar-refractivity contribution >= 4 is 52.3 Å². The zero-order valence-electron chi connectivity index (χ0n) is 14.8. The molecule has 5 nitrogen and oxygen atoms in total. The van der Waals surface area contributed by atoms with Gasteiger partial charge in [-0.2, -0.15) is 5.26 Å². The van der Waals surface area contributed by atoms with Crippen molar-refractivity contribution in [2.24, 2.45) is 0 Å². The molecule has 1 unspecified atom stereocenters. The number of H-pyrrole nitrogens is 1. The van der Waals surface area contributed by atoms with Crippen molar-refractivity contribution in [3.05, 3.63) is 64.6 Å². The fourth-order valence-electron chi connectivity index (χ4n) is 3.80. The lowest BCUT2D eigenvalue weighted by molar-refractivity contribution is 0.277. The molecule has 136 valence electrons. The van der Waals surface area contributed by atoms with Gasteiger partial charge in [-0.3, -0.25) is 3.97 Å². The maximum atomic E-state index is 10.3. The van der Waals surface area contributed by atoms with Crippen molar-refractivity contribution in [3.8, 4) is 6.07 Å². The molecule has 0 amide bonds. The van der Waals surface area contributed by atoms with Crippen molar-refractivity contribution in [1.29, 1.82) is 5.26 Å². The molecule has 4 aromatic rings. The number of hydrogen-bond acceptors (Lipinski definition) is 4. The third-order valence-electron chi connectivity index (χ3n) is 4.94. The summed E-state index contributed by atoms with van der Waals surface area (Å²) in [6.07, 6.45) is 2.06. The van der Waals surface area contributed by atoms with Gasteiger partial charge >= 0.3 is 0 Å². The number of nitriles is 1. The molecule has 0 aliphatic heterocycles. The number of fused-ring (bicyclic) bond motifs is 2. The maximum absolute atomic E-state index is 10.3. The number of rotatable bonds is 4. The predicted molar refractivity (Wildman–Crippen MR) is 118 cm³/mol. The number of nitrogens with one attached hydrogen (secondary N) is 1. The monoisotopic (exact) mass is 488 g/mol. The fourth-order valence-corrected chi connectivity index (χ4v) is 5.20. The van der Waals surface area contributed by atoms with Crippen LogP contribution in [0.15, 0.2) is 36.5 Å². The van der Waals surface area contributed by atoms with Gasteiger partial charge in [0.05, 0.1) is 40.7 Å². The Labute approximate surface area is 173 Å². The molecule has 0 fully saturated rings. The Morgan fingerprint density at radius 2 is 2.11 bits per heavy atom. The van der Waals surface area contributed by atoms with Gasteiger partial charge in [-0.1, -0.05) is 6.07 Å². The van der Waals surface area contributed by atoms with Crippen molar-refractivity contribution in [3.63, 3.8) is 0 Å². The Morgan fingerprint density at radius 1 is 1.30 bits per heavy atom. The van der Waals surface area contributed by atoms with E-state index in [0.717, 1.165) is 33.1 Å². The van der Waals surface area contributed by atoms with Gasteiger partial charge < -0.3 is 10.1 Å². The van der Waals surface area contributed by atoms with Crippen LogP contribution in [0.5, 0.6) is 0 Å². The van der Waals surface area contributed by atoms with Crippen LogP contribution >= 0.6 is 30.3 Å². The van der Waals surface area contributed by atoms with Crippen LogP contribution in [-0.2, 0) is 0 Å². The molecular formula is C20H17IN4OS. The smallest absolute Gasteiger partial charge is 0.117 e. The molecule has 7 heteroatoms. The van der Waals surface area contributed by atoms with Gasteiger partial charge in [0.2, 0.25) is 0 Å². The number of aromatic nitrogens is 3. The van der Waals surface area contributed by atoms with Crippen LogP contribution in [0.25, 0.3) is 21.9 Å². The Hall–Kier alpha value is -2.02. The van der Waals surface area contributed by atoms with E-state index >= 15 is 0 Å². The number of hydrogen-bond donors (Lipinski definition) is 2. The van der Waals surface area contributed by atoms with E-state index in [-0.39, 0.29) is 12.5 Å². The summed E-state index contributed by atoms with van der Waals surface area (Å²) in [6.45, 7) is 4.14. The minimum Gasteiger partial charge on any atom is -0.395 e. The van der Waals surface area contributed by atoms with E-state index in [0.29, 0.717) is 11.4 Å². The second-order valence-electron chi connectivity index (χ2n) is 6.60. The standard InChI is InChI=1S/C20H17IN4OS/c1-11-7-12(2)19-14(5-6-25(19)27-21)18(11)15(10-26)20-23-16-4-3-13(9-22)8-17(16)24-20/h3-8,15,26H,10H2,1-2H3,(H,23,24). The molecule has 0 aliphatic rings. The van der Waals surface area contributed by atoms with Crippen LogP contribution in [0, 0.1) is 25.2 Å². The largest absolute Gasteiger partial charge is 0.395 e. The minimum atomic E-state index is -0.263. The molecule has 0 aliphatic carbocycles. The van der Waals surface area contributed by atoms with E-state index in [9.17, 15) is 5.11 Å². The fraction of sp³-hybridized carbons (Fsp3) is 0.200. The summed E-state index contributed by atoms with van der Waals surface area (Å²) in [5.74, 6) is 0.451. The highest BCUT2D eigenvalue weighted by atomic mass is 127. The quantitative estimate of drug-likeness (QED) is 0.398. The Kier molecular flexibility index (Phi) is 4.88. The first-order valence-corrected chi connectivity index (χ1v) is 11.8. The van der Waals surface area contributed by atoms with Gasteiger partial charge in [0.1, 0.15) is 5.82 Å². The summed E-state index contributed by atoms with van der Waals surface area (Å²) in [7, 11) is 1.63. The lowest BCUT2D eigenvalue weighted by Gasteiger charge is -2.18. The zero-order valence-corrected chi connectivity index (χ0v) is 17.8. The van der Waals surface area contributed by atoms with E-state index in [2.05, 4.69) is 68.4 Å². The molecule has 0 spiro atoms. The number of imidazole rings is 1. The molecule has 0 radical (unpaired) electrons. The molecule has 4 rings (SSSR count). The predicted octanol–water partition coefficient (Wildman–Crippen LogP) is 4.98. The highest BCUT2D eigenvalue weighted by Gasteiger charge is 2.23. The minimum absolute atomic E-state index is 0.0491. The zero-order chi connectivity index (χ0) is 19.1. The number of aryl methyl sites for hydroxylation is 2. The van der Waals surface area contributed by atoms with Crippen LogP contribution in [0.4, 0.5) is 0 Å². The molecular weight excluding hydrogens is 471 g/mol. The van der Waals surface area contributed by atoms with Gasteiger partial charge in [0.25, 0.3) is 0 Å². The normalized spacial score (nSPS) is 12.6. The Morgan fingerprint density at radius 3 is 2.81 bits per heavy atom. The lowest BCUT2D eigenvalue weighted by atomic mass is 9.90. The number of benzene rings is 2. The molecule has 1 atom stereocenters. The summed E-state index contributed by atoms with van der Waals surface area (Å²) >= 11 is 2.27. The average molecular weight is 488 g/mol. The molecule has 2 heterocycles. The van der Waals surface area contributed by atoms with E-state index in [4.69, 9.17) is 10.2 Å². The molecule has 2 aromatic heterocycles. The van der Waals surface area contributed by atoms with Crippen molar-refractivity contribution in [2.75, 3.05) is 6.61 Å². The first-order chi connectivity index (χ1) is 13.1. The SMILES string of the molecule is Cc1cc(C)c2c(ccn2SI)c1C(CO)c1nc2ccc(C#N)cc2[nH]1. The van der Waals surface area contributed by atoms with Crippen molar-refractivity contribution < 1.29 is 5.11 Å². The third-order valence-corrected chi connectivity index (χ3v) is 6.66. The van der Waals surface area contributed by atoms with E-state index in [1.54, 1.807) is 21.3 Å². The second-order valence-corrected chi connectivity index (χ2v) is 8.31. The van der Waals surface area contributed by atoms with Crippen molar-refractivity contribution in [1.82, 2.24) is 13.9 Å². The highest BCUT2D eigenvalue weighted by molar-refractivity contribution is 14.2. The summed E-state index contributed by atoms with van der Waals surface area (Å²) in [6, 6.07) is 11.8. The van der Waals surface area contributed by atoms with Gasteiger partial charge in [0.15, 0.2) is 0 Å². The Balaban J connectivity index is 1.93. The summed E-state index contributed by atoms with van der Waals surface area (Å²) in [5, 5.41) is 20.5. The van der Waals surface area contributed by atoms with Gasteiger partial charge in [-0.15, -0.1) is 0 Å². The van der Waals surface area contributed by atoms with Gasteiger partial charge in [-0.25, -0.2) is 4.98 Å². The molecule has 27 heavy (non-hydrogen) atoms. The number of halogens is 1. The average Bonchev–Trinajstić information content (AvgIpc) is 3.28. The third kappa shape index (κ3) is 3.02. The number of aromatic amines is 1. The van der Waals surface area contributed by atoms with E-state index in [1.807, 2.05) is 6.07 Å². The number of aliphatic hydroxyl groups excluding tert-OH is 1. The number of nitrogens with zero attached hydrogens (tertiary/aromatic N) is 3. The van der Waals surface area contributed by atoms with E-state index < -0.39 is 0 Å². The summed E-state index contributed by atoms with van der Waals surface area (Å²) in [5.41, 5.74) is 6.78. The first-order valence-electron chi connectivity index (χ1n) is 8.48. The van der Waals surface area contributed by atoms with Crippen LogP contribution in [0.1, 0.15) is 34.0 Å². The Bertz CT molecular complexity index is 1200. The topological polar surface area (TPSA) is 77.6 Å². The molecule has 2 aromatic carbocycles.